The number of unbranched alkanes of at least 4 members (excludes halogenated alkanes) is 2. The van der Waals surface area contributed by atoms with Crippen LogP contribution in [0, 0.1) is 0 Å². The summed E-state index contributed by atoms with van der Waals surface area (Å²) in [6, 6.07) is 8.98. The Morgan fingerprint density at radius 1 is 1.08 bits per heavy atom. The predicted molar refractivity (Wildman–Crippen MR) is 95.0 cm³/mol. The molecule has 0 radical (unpaired) electrons. The lowest BCUT2D eigenvalue weighted by molar-refractivity contribution is 0.0979. The van der Waals surface area contributed by atoms with Crippen molar-refractivity contribution in [2.75, 3.05) is 5.73 Å². The topological polar surface area (TPSA) is 91.6 Å². The molecular formula is C18H22N6O. The lowest BCUT2D eigenvalue weighted by Crippen LogP contribution is -2.01. The number of anilines is 1. The van der Waals surface area contributed by atoms with Gasteiger partial charge in [-0.1, -0.05) is 11.6 Å². The zero-order valence-corrected chi connectivity index (χ0v) is 14.1. The first-order valence-corrected chi connectivity index (χ1v) is 8.46. The van der Waals surface area contributed by atoms with Crippen molar-refractivity contribution in [2.24, 2.45) is 0 Å². The molecule has 2 N–H and O–H groups in total. The number of benzene rings is 1. The fraction of sp³-hybridized carbons (Fsp3) is 0.333. The molecular weight excluding hydrogens is 316 g/mol. The molecule has 0 spiro atoms. The Bertz CT molecular complexity index is 791. The van der Waals surface area contributed by atoms with E-state index in [9.17, 15) is 4.79 Å². The lowest BCUT2D eigenvalue weighted by Gasteiger charge is -2.03. The van der Waals surface area contributed by atoms with Crippen LogP contribution in [0.1, 0.15) is 41.7 Å². The van der Waals surface area contributed by atoms with Gasteiger partial charge in [-0.3, -0.25) is 14.2 Å². The van der Waals surface area contributed by atoms with Crippen molar-refractivity contribution in [3.05, 3.63) is 60.2 Å². The van der Waals surface area contributed by atoms with Crippen LogP contribution < -0.4 is 5.73 Å². The third-order valence-electron chi connectivity index (χ3n) is 3.99. The van der Waals surface area contributed by atoms with Crippen molar-refractivity contribution in [1.29, 1.82) is 0 Å². The Morgan fingerprint density at radius 2 is 1.92 bits per heavy atom. The molecule has 2 heterocycles. The lowest BCUT2D eigenvalue weighted by atomic mass is 10.0. The van der Waals surface area contributed by atoms with Crippen molar-refractivity contribution in [3.63, 3.8) is 0 Å². The number of ketones is 1. The molecule has 0 saturated carbocycles. The van der Waals surface area contributed by atoms with E-state index in [0.29, 0.717) is 18.7 Å². The van der Waals surface area contributed by atoms with Crippen LogP contribution in [0.4, 0.5) is 5.69 Å². The van der Waals surface area contributed by atoms with Crippen molar-refractivity contribution in [1.82, 2.24) is 24.8 Å². The van der Waals surface area contributed by atoms with Gasteiger partial charge in [-0.25, -0.2) is 0 Å². The maximum atomic E-state index is 12.1. The molecule has 7 nitrogen and oxygen atoms in total. The van der Waals surface area contributed by atoms with Gasteiger partial charge in [0, 0.05) is 36.6 Å². The minimum atomic E-state index is 0.169. The first-order chi connectivity index (χ1) is 12.2. The largest absolute Gasteiger partial charge is 0.399 e. The third kappa shape index (κ3) is 5.00. The molecule has 0 aliphatic rings. The molecule has 2 aromatic heterocycles. The molecule has 0 amide bonds. The number of Topliss-reactive ketones (excluding diaryl/α,β-unsaturated/α-hetero) is 1. The monoisotopic (exact) mass is 338 g/mol. The quantitative estimate of drug-likeness (QED) is 0.368. The highest BCUT2D eigenvalue weighted by Gasteiger charge is 2.06. The van der Waals surface area contributed by atoms with Crippen molar-refractivity contribution in [2.45, 2.75) is 38.8 Å². The van der Waals surface area contributed by atoms with Gasteiger partial charge < -0.3 is 5.73 Å². The van der Waals surface area contributed by atoms with Crippen LogP contribution in [0.25, 0.3) is 0 Å². The minimum Gasteiger partial charge on any atom is -0.399 e. The average molecular weight is 338 g/mol. The molecule has 0 unspecified atom stereocenters. The molecule has 0 fully saturated rings. The first-order valence-electron chi connectivity index (χ1n) is 8.46. The van der Waals surface area contributed by atoms with Gasteiger partial charge in [-0.05, 0) is 43.2 Å². The molecule has 0 atom stereocenters. The predicted octanol–water partition coefficient (Wildman–Crippen LogP) is 2.55. The highest BCUT2D eigenvalue weighted by atomic mass is 16.1. The Kier molecular flexibility index (Phi) is 5.56. The third-order valence-corrected chi connectivity index (χ3v) is 3.99. The van der Waals surface area contributed by atoms with Gasteiger partial charge in [0.2, 0.25) is 0 Å². The number of nitrogens with two attached hydrogens (primary N) is 1. The van der Waals surface area contributed by atoms with Crippen LogP contribution >= 0.6 is 0 Å². The Labute approximate surface area is 146 Å². The van der Waals surface area contributed by atoms with E-state index < -0.39 is 0 Å². The Balaban J connectivity index is 1.35. The van der Waals surface area contributed by atoms with Crippen LogP contribution in [0.2, 0.25) is 0 Å². The smallest absolute Gasteiger partial charge is 0.162 e. The Morgan fingerprint density at radius 3 is 2.68 bits per heavy atom. The number of aryl methyl sites for hydroxylation is 1. The molecule has 0 bridgehead atoms. The molecule has 1 aromatic carbocycles. The molecule has 0 aliphatic carbocycles. The van der Waals surface area contributed by atoms with Gasteiger partial charge in [0.25, 0.3) is 0 Å². The number of hydrogen-bond donors (Lipinski definition) is 1. The number of hydrogen-bond acceptors (Lipinski definition) is 5. The molecule has 0 aliphatic heterocycles. The van der Waals surface area contributed by atoms with Crippen LogP contribution in [-0.4, -0.2) is 30.6 Å². The van der Waals surface area contributed by atoms with Gasteiger partial charge in [-0.2, -0.15) is 5.10 Å². The van der Waals surface area contributed by atoms with Crippen LogP contribution in [0.5, 0.6) is 0 Å². The maximum Gasteiger partial charge on any atom is 0.162 e. The fourth-order valence-electron chi connectivity index (χ4n) is 2.63. The van der Waals surface area contributed by atoms with E-state index in [0.717, 1.165) is 37.1 Å². The van der Waals surface area contributed by atoms with Crippen LogP contribution in [0.15, 0.2) is 48.9 Å². The van der Waals surface area contributed by atoms with Crippen LogP contribution in [0.3, 0.4) is 0 Å². The summed E-state index contributed by atoms with van der Waals surface area (Å²) in [5.41, 5.74) is 7.93. The van der Waals surface area contributed by atoms with Gasteiger partial charge >= 0.3 is 0 Å². The van der Waals surface area contributed by atoms with Crippen molar-refractivity contribution < 1.29 is 4.79 Å². The van der Waals surface area contributed by atoms with Gasteiger partial charge in [0.05, 0.1) is 12.7 Å². The summed E-state index contributed by atoms with van der Waals surface area (Å²) in [5, 5.41) is 12.4. The number of carbonyl (C=O) groups excluding carboxylic acids is 1. The van der Waals surface area contributed by atoms with Crippen LogP contribution in [-0.2, 0) is 13.1 Å². The summed E-state index contributed by atoms with van der Waals surface area (Å²) >= 11 is 0. The summed E-state index contributed by atoms with van der Waals surface area (Å²) in [5.74, 6) is 0.169. The summed E-state index contributed by atoms with van der Waals surface area (Å²) in [4.78, 5) is 12.1. The molecule has 3 rings (SSSR count). The average Bonchev–Trinajstić information content (AvgIpc) is 3.27. The van der Waals surface area contributed by atoms with E-state index in [1.54, 1.807) is 30.5 Å². The normalized spacial score (nSPS) is 10.9. The summed E-state index contributed by atoms with van der Waals surface area (Å²) in [6.45, 7) is 1.44. The summed E-state index contributed by atoms with van der Waals surface area (Å²) < 4.78 is 3.66. The van der Waals surface area contributed by atoms with Crippen molar-refractivity contribution in [3.8, 4) is 0 Å². The van der Waals surface area contributed by atoms with E-state index in [1.165, 1.54) is 0 Å². The number of nitrogen functional groups attached to an aromatic ring is 1. The first kappa shape index (κ1) is 16.9. The molecule has 25 heavy (non-hydrogen) atoms. The standard InChI is InChI=1S/C18H22N6O/c19-16-8-6-15(7-9-16)18(25)5-2-1-3-11-24-14-17(21-22-24)13-23-12-4-10-20-23/h4,6-10,12,14H,1-3,5,11,13,19H2. The zero-order chi connectivity index (χ0) is 17.5. The molecule has 0 saturated heterocycles. The van der Waals surface area contributed by atoms with E-state index in [2.05, 4.69) is 15.4 Å². The number of carbonyl (C=O) groups is 1. The second-order valence-electron chi connectivity index (χ2n) is 6.03. The highest BCUT2D eigenvalue weighted by molar-refractivity contribution is 5.96. The summed E-state index contributed by atoms with van der Waals surface area (Å²) in [6.07, 6.45) is 8.98. The maximum absolute atomic E-state index is 12.1. The SMILES string of the molecule is Nc1ccc(C(=O)CCCCCn2cc(Cn3cccn3)nn2)cc1. The second kappa shape index (κ2) is 8.23. The minimum absolute atomic E-state index is 0.169. The molecule has 130 valence electrons. The summed E-state index contributed by atoms with van der Waals surface area (Å²) in [7, 11) is 0. The highest BCUT2D eigenvalue weighted by Crippen LogP contribution is 2.11. The van der Waals surface area contributed by atoms with Gasteiger partial charge in [0.15, 0.2) is 5.78 Å². The second-order valence-corrected chi connectivity index (χ2v) is 6.03. The molecule has 3 aromatic rings. The van der Waals surface area contributed by atoms with Gasteiger partial charge in [0.1, 0.15) is 5.69 Å². The zero-order valence-electron chi connectivity index (χ0n) is 14.1. The van der Waals surface area contributed by atoms with E-state index in [-0.39, 0.29) is 5.78 Å². The fourth-order valence-corrected chi connectivity index (χ4v) is 2.63. The van der Waals surface area contributed by atoms with E-state index in [1.807, 2.05) is 27.8 Å². The Hall–Kier alpha value is -2.96. The van der Waals surface area contributed by atoms with Gasteiger partial charge in [-0.15, -0.1) is 5.10 Å². The number of aromatic nitrogens is 5. The van der Waals surface area contributed by atoms with E-state index in [4.69, 9.17) is 5.73 Å². The van der Waals surface area contributed by atoms with E-state index >= 15 is 0 Å². The van der Waals surface area contributed by atoms with Crippen molar-refractivity contribution >= 4 is 11.5 Å². The number of nitrogens with zero attached hydrogens (tertiary/aromatic N) is 5. The molecule has 7 heteroatoms. The number of rotatable bonds is 9.